The number of aromatic amines is 1. The van der Waals surface area contributed by atoms with Gasteiger partial charge in [0.25, 0.3) is 5.56 Å². The van der Waals surface area contributed by atoms with Crippen LogP contribution in [-0.2, 0) is 6.54 Å². The van der Waals surface area contributed by atoms with Gasteiger partial charge in [-0.25, -0.2) is 4.79 Å². The Kier molecular flexibility index (Phi) is 6.45. The minimum absolute atomic E-state index is 0.0387. The molecule has 7 nitrogen and oxygen atoms in total. The van der Waals surface area contributed by atoms with Crippen LogP contribution in [0.5, 0.6) is 11.5 Å². The summed E-state index contributed by atoms with van der Waals surface area (Å²) in [6, 6.07) is 14.8. The van der Waals surface area contributed by atoms with E-state index >= 15 is 0 Å². The highest BCUT2D eigenvalue weighted by Gasteiger charge is 2.24. The fourth-order valence-corrected chi connectivity index (χ4v) is 4.26. The smallest absolute Gasteiger partial charge is 0.328 e. The van der Waals surface area contributed by atoms with Crippen LogP contribution in [0.25, 0.3) is 0 Å². The summed E-state index contributed by atoms with van der Waals surface area (Å²) in [5.74, 6) is 1.05. The van der Waals surface area contributed by atoms with Crippen LogP contribution in [0.4, 0.5) is 0 Å². The third kappa shape index (κ3) is 4.77. The molecule has 0 radical (unpaired) electrons. The molecule has 1 aromatic heterocycles. The number of likely N-dealkylation sites (tertiary alicyclic amines) is 1. The number of nitriles is 1. The highest BCUT2D eigenvalue weighted by Crippen LogP contribution is 2.30. The van der Waals surface area contributed by atoms with Crippen LogP contribution in [0.15, 0.2) is 58.3 Å². The molecule has 0 unspecified atom stereocenters. The first kappa shape index (κ1) is 21.9. The van der Waals surface area contributed by atoms with Gasteiger partial charge in [0, 0.05) is 29.9 Å². The molecule has 1 N–H and O–H groups in total. The minimum atomic E-state index is -0.387. The zero-order valence-electron chi connectivity index (χ0n) is 17.7. The molecule has 0 aliphatic carbocycles. The first-order valence-corrected chi connectivity index (χ1v) is 10.8. The highest BCUT2D eigenvalue weighted by molar-refractivity contribution is 6.30. The largest absolute Gasteiger partial charge is 0.456 e. The molecule has 0 amide bonds. The maximum Gasteiger partial charge on any atom is 0.328 e. The summed E-state index contributed by atoms with van der Waals surface area (Å²) in [6.45, 7) is 3.76. The van der Waals surface area contributed by atoms with Gasteiger partial charge in [-0.05, 0) is 56.1 Å². The second-order valence-electron chi connectivity index (χ2n) is 7.97. The Morgan fingerprint density at radius 1 is 1.25 bits per heavy atom. The first-order valence-electron chi connectivity index (χ1n) is 10.4. The van der Waals surface area contributed by atoms with Crippen LogP contribution in [0.3, 0.4) is 0 Å². The van der Waals surface area contributed by atoms with Crippen LogP contribution in [0.2, 0.25) is 5.02 Å². The van der Waals surface area contributed by atoms with E-state index < -0.39 is 0 Å². The summed E-state index contributed by atoms with van der Waals surface area (Å²) in [5, 5.41) is 10.4. The maximum absolute atomic E-state index is 12.3. The zero-order chi connectivity index (χ0) is 22.7. The van der Waals surface area contributed by atoms with Crippen LogP contribution < -0.4 is 16.0 Å². The Hall–Kier alpha value is -3.34. The molecule has 4 rings (SSSR count). The fourth-order valence-electron chi connectivity index (χ4n) is 4.08. The van der Waals surface area contributed by atoms with Crippen molar-refractivity contribution in [3.05, 3.63) is 91.2 Å². The van der Waals surface area contributed by atoms with Gasteiger partial charge in [0.2, 0.25) is 0 Å². The second kappa shape index (κ2) is 9.43. The lowest BCUT2D eigenvalue weighted by Gasteiger charge is -2.33. The topological polar surface area (TPSA) is 91.1 Å². The lowest BCUT2D eigenvalue weighted by molar-refractivity contribution is 0.167. The molecule has 1 atom stereocenters. The van der Waals surface area contributed by atoms with Crippen LogP contribution in [0.1, 0.15) is 35.6 Å². The van der Waals surface area contributed by atoms with E-state index in [0.29, 0.717) is 40.7 Å². The number of rotatable bonds is 5. The highest BCUT2D eigenvalue weighted by atomic mass is 35.5. The third-order valence-electron chi connectivity index (χ3n) is 5.66. The van der Waals surface area contributed by atoms with Gasteiger partial charge in [-0.15, -0.1) is 0 Å². The van der Waals surface area contributed by atoms with Gasteiger partial charge in [0.15, 0.2) is 0 Å². The number of piperidine rings is 1. The van der Waals surface area contributed by atoms with E-state index in [1.165, 1.54) is 0 Å². The van der Waals surface area contributed by atoms with Gasteiger partial charge in [-0.1, -0.05) is 29.8 Å². The van der Waals surface area contributed by atoms with Crippen molar-refractivity contribution >= 4 is 11.6 Å². The predicted octanol–water partition coefficient (Wildman–Crippen LogP) is 4.00. The Balaban J connectivity index is 1.55. The van der Waals surface area contributed by atoms with Crippen LogP contribution >= 0.6 is 11.6 Å². The summed E-state index contributed by atoms with van der Waals surface area (Å²) >= 11 is 6.04. The molecule has 0 spiro atoms. The van der Waals surface area contributed by atoms with Crippen molar-refractivity contribution in [2.75, 3.05) is 13.1 Å². The molecule has 1 fully saturated rings. The zero-order valence-corrected chi connectivity index (χ0v) is 18.4. The summed E-state index contributed by atoms with van der Waals surface area (Å²) in [7, 11) is 0. The minimum Gasteiger partial charge on any atom is -0.456 e. The van der Waals surface area contributed by atoms with Gasteiger partial charge in [-0.3, -0.25) is 19.2 Å². The third-order valence-corrected chi connectivity index (χ3v) is 5.90. The Morgan fingerprint density at radius 3 is 2.84 bits per heavy atom. The SMILES string of the molecule is Cc1cn([C@H]2CCCN(Cc3cccc(Oc4cccc(Cl)c4)c3C#N)C2)c(=O)[nH]c1=O. The number of ether oxygens (including phenoxy) is 1. The van der Waals surface area contributed by atoms with E-state index in [4.69, 9.17) is 16.3 Å². The fraction of sp³-hybridized carbons (Fsp3) is 0.292. The number of nitrogens with zero attached hydrogens (tertiary/aromatic N) is 3. The molecule has 32 heavy (non-hydrogen) atoms. The molecule has 3 aromatic rings. The van der Waals surface area contributed by atoms with E-state index in [-0.39, 0.29) is 17.3 Å². The second-order valence-corrected chi connectivity index (χ2v) is 8.41. The molecule has 0 saturated carbocycles. The van der Waals surface area contributed by atoms with Crippen molar-refractivity contribution in [2.24, 2.45) is 0 Å². The van der Waals surface area contributed by atoms with Gasteiger partial charge in [0.05, 0.1) is 11.6 Å². The molecule has 1 aliphatic heterocycles. The molecular formula is C24H23ClN4O3. The molecule has 8 heteroatoms. The van der Waals surface area contributed by atoms with Crippen molar-refractivity contribution in [1.82, 2.24) is 14.5 Å². The summed E-state index contributed by atoms with van der Waals surface area (Å²) in [4.78, 5) is 28.6. The standard InChI is InChI=1S/C24H23ClN4O3/c1-16-13-29(24(31)27-23(16)30)19-7-4-10-28(15-19)14-17-5-2-9-22(21(17)12-26)32-20-8-3-6-18(25)11-20/h2-3,5-6,8-9,11,13,19H,4,7,10,14-15H2,1H3,(H,27,30,31)/t19-/m0/s1. The molecule has 164 valence electrons. The number of aryl methyl sites for hydroxylation is 1. The maximum atomic E-state index is 12.3. The number of halogens is 1. The van der Waals surface area contributed by atoms with Gasteiger partial charge in [0.1, 0.15) is 17.6 Å². The number of H-pyrrole nitrogens is 1. The molecule has 1 aliphatic rings. The lowest BCUT2D eigenvalue weighted by atomic mass is 10.0. The summed E-state index contributed by atoms with van der Waals surface area (Å²) in [6.07, 6.45) is 3.40. The van der Waals surface area contributed by atoms with Crippen molar-refractivity contribution in [2.45, 2.75) is 32.4 Å². The molecule has 1 saturated heterocycles. The van der Waals surface area contributed by atoms with Crippen molar-refractivity contribution < 1.29 is 4.74 Å². The quantitative estimate of drug-likeness (QED) is 0.634. The number of nitrogens with one attached hydrogen (secondary N) is 1. The van der Waals surface area contributed by atoms with Gasteiger partial charge >= 0.3 is 5.69 Å². The van der Waals surface area contributed by atoms with Gasteiger partial charge in [-0.2, -0.15) is 5.26 Å². The number of hydrogen-bond acceptors (Lipinski definition) is 5. The Bertz CT molecular complexity index is 1290. The molecule has 0 bridgehead atoms. The monoisotopic (exact) mass is 450 g/mol. The predicted molar refractivity (Wildman–Crippen MR) is 122 cm³/mol. The van der Waals surface area contributed by atoms with E-state index in [1.807, 2.05) is 12.1 Å². The molecule has 2 aromatic carbocycles. The first-order chi connectivity index (χ1) is 15.4. The van der Waals surface area contributed by atoms with E-state index in [1.54, 1.807) is 48.0 Å². The van der Waals surface area contributed by atoms with Crippen molar-refractivity contribution in [3.8, 4) is 17.6 Å². The van der Waals surface area contributed by atoms with Crippen molar-refractivity contribution in [1.29, 1.82) is 5.26 Å². The van der Waals surface area contributed by atoms with E-state index in [9.17, 15) is 14.9 Å². The van der Waals surface area contributed by atoms with E-state index in [2.05, 4.69) is 16.0 Å². The van der Waals surface area contributed by atoms with Crippen molar-refractivity contribution in [3.63, 3.8) is 0 Å². The van der Waals surface area contributed by atoms with E-state index in [0.717, 1.165) is 24.9 Å². The van der Waals surface area contributed by atoms with Gasteiger partial charge < -0.3 is 4.74 Å². The summed E-state index contributed by atoms with van der Waals surface area (Å²) in [5.41, 5.74) is 1.11. The Morgan fingerprint density at radius 2 is 2.06 bits per heavy atom. The Labute approximate surface area is 190 Å². The summed E-state index contributed by atoms with van der Waals surface area (Å²) < 4.78 is 7.55. The normalized spacial score (nSPS) is 16.5. The molecular weight excluding hydrogens is 428 g/mol. The lowest BCUT2D eigenvalue weighted by Crippen LogP contribution is -2.41. The average molecular weight is 451 g/mol. The van der Waals surface area contributed by atoms with Crippen LogP contribution in [0, 0.1) is 18.3 Å². The average Bonchev–Trinajstić information content (AvgIpc) is 2.77. The van der Waals surface area contributed by atoms with Crippen LogP contribution in [-0.4, -0.2) is 27.5 Å². The number of benzene rings is 2. The number of aromatic nitrogens is 2. The number of hydrogen-bond donors (Lipinski definition) is 1. The molecule has 2 heterocycles.